The number of rotatable bonds is 2. The first-order chi connectivity index (χ1) is 15.3. The quantitative estimate of drug-likeness (QED) is 0.599. The van der Waals surface area contributed by atoms with Gasteiger partial charge in [-0.05, 0) is 30.3 Å². The third kappa shape index (κ3) is 3.30. The maximum absolute atomic E-state index is 14.7. The fraction of sp³-hybridized carbons (Fsp3) is 0.0455. The third-order valence-corrected chi connectivity index (χ3v) is 6.72. The van der Waals surface area contributed by atoms with E-state index in [0.29, 0.717) is 0 Å². The van der Waals surface area contributed by atoms with Crippen LogP contribution in [0.5, 0.6) is 0 Å². The zero-order valence-electron chi connectivity index (χ0n) is 15.9. The molecule has 32 heavy (non-hydrogen) atoms. The van der Waals surface area contributed by atoms with Crippen molar-refractivity contribution < 1.29 is 8.78 Å². The van der Waals surface area contributed by atoms with Gasteiger partial charge in [0.05, 0.1) is 38.8 Å². The molecule has 1 aliphatic heterocycles. The molecule has 2 N–H and O–H groups in total. The summed E-state index contributed by atoms with van der Waals surface area (Å²) in [5.41, 5.74) is 5.08. The minimum Gasteiger partial charge on any atom is -0.384 e. The summed E-state index contributed by atoms with van der Waals surface area (Å²) in [5.74, 6) is -2.84. The number of hydrogen-bond acceptors (Lipinski definition) is 5. The van der Waals surface area contributed by atoms with Crippen LogP contribution in [0.15, 0.2) is 46.8 Å². The summed E-state index contributed by atoms with van der Waals surface area (Å²) in [4.78, 5) is 13.1. The second-order valence-electron chi connectivity index (χ2n) is 6.70. The van der Waals surface area contributed by atoms with E-state index in [4.69, 9.17) is 28.9 Å². The zero-order valence-corrected chi connectivity index (χ0v) is 18.2. The SMILES string of the molecule is N#CC1=C(N)n2c(sc(=Cc3c(F)cccc3Cl)c2=O)=C(C#N)C1c1c(F)cccc1Cl. The van der Waals surface area contributed by atoms with Crippen LogP contribution in [0.1, 0.15) is 17.0 Å². The van der Waals surface area contributed by atoms with Crippen LogP contribution in [0, 0.1) is 34.3 Å². The van der Waals surface area contributed by atoms with E-state index in [1.54, 1.807) is 0 Å². The molecule has 5 nitrogen and oxygen atoms in total. The average Bonchev–Trinajstić information content (AvgIpc) is 3.07. The predicted molar refractivity (Wildman–Crippen MR) is 119 cm³/mol. The van der Waals surface area contributed by atoms with Crippen LogP contribution < -0.4 is 20.5 Å². The first-order valence-corrected chi connectivity index (χ1v) is 10.5. The summed E-state index contributed by atoms with van der Waals surface area (Å²) < 4.78 is 30.1. The molecule has 158 valence electrons. The summed E-state index contributed by atoms with van der Waals surface area (Å²) >= 11 is 13.1. The Morgan fingerprint density at radius 1 is 1.03 bits per heavy atom. The molecule has 1 aromatic heterocycles. The van der Waals surface area contributed by atoms with Crippen molar-refractivity contribution in [3.63, 3.8) is 0 Å². The van der Waals surface area contributed by atoms with E-state index in [0.717, 1.165) is 22.0 Å². The smallest absolute Gasteiger partial charge is 0.274 e. The van der Waals surface area contributed by atoms with Crippen molar-refractivity contribution in [1.82, 2.24) is 4.57 Å². The van der Waals surface area contributed by atoms with Crippen molar-refractivity contribution in [3.8, 4) is 12.1 Å². The van der Waals surface area contributed by atoms with Crippen LogP contribution in [-0.4, -0.2) is 4.57 Å². The van der Waals surface area contributed by atoms with Gasteiger partial charge in [-0.3, -0.25) is 9.36 Å². The molecule has 1 aliphatic rings. The molecule has 3 aromatic rings. The molecule has 0 spiro atoms. The molecule has 0 aliphatic carbocycles. The molecule has 10 heteroatoms. The first kappa shape index (κ1) is 21.8. The first-order valence-electron chi connectivity index (χ1n) is 8.96. The molecule has 0 fully saturated rings. The van der Waals surface area contributed by atoms with E-state index in [1.165, 1.54) is 36.4 Å². The highest BCUT2D eigenvalue weighted by molar-refractivity contribution is 7.07. The second kappa shape index (κ2) is 8.25. The van der Waals surface area contributed by atoms with E-state index >= 15 is 0 Å². The number of nitrogens with two attached hydrogens (primary N) is 1. The lowest BCUT2D eigenvalue weighted by atomic mass is 9.84. The number of benzene rings is 2. The van der Waals surface area contributed by atoms with E-state index in [2.05, 4.69) is 0 Å². The molecule has 1 atom stereocenters. The number of nitrogens with zero attached hydrogens (tertiary/aromatic N) is 3. The van der Waals surface area contributed by atoms with Gasteiger partial charge in [0, 0.05) is 16.1 Å². The molecule has 0 saturated carbocycles. The second-order valence-corrected chi connectivity index (χ2v) is 8.54. The number of aromatic nitrogens is 1. The Labute approximate surface area is 193 Å². The largest absolute Gasteiger partial charge is 0.384 e. The Morgan fingerprint density at radius 3 is 2.25 bits per heavy atom. The minimum absolute atomic E-state index is 0.000535. The average molecular weight is 487 g/mol. The minimum atomic E-state index is -1.21. The van der Waals surface area contributed by atoms with Crippen LogP contribution in [0.3, 0.4) is 0 Å². The Hall–Kier alpha value is -3.43. The number of allylic oxidation sites excluding steroid dienone is 1. The van der Waals surface area contributed by atoms with Gasteiger partial charge in [-0.2, -0.15) is 10.5 Å². The van der Waals surface area contributed by atoms with Crippen molar-refractivity contribution in [2.75, 3.05) is 0 Å². The summed E-state index contributed by atoms with van der Waals surface area (Å²) in [7, 11) is 0. The topological polar surface area (TPSA) is 95.6 Å². The maximum atomic E-state index is 14.7. The number of hydrogen-bond donors (Lipinski definition) is 1. The highest BCUT2D eigenvalue weighted by atomic mass is 35.5. The van der Waals surface area contributed by atoms with Gasteiger partial charge in [0.1, 0.15) is 22.1 Å². The highest BCUT2D eigenvalue weighted by Crippen LogP contribution is 2.40. The fourth-order valence-electron chi connectivity index (χ4n) is 3.51. The van der Waals surface area contributed by atoms with Gasteiger partial charge >= 0.3 is 0 Å². The van der Waals surface area contributed by atoms with Gasteiger partial charge in [-0.1, -0.05) is 35.3 Å². The number of fused-ring (bicyclic) bond motifs is 1. The Balaban J connectivity index is 2.13. The molecule has 0 saturated heterocycles. The molecular formula is C22H10Cl2F2N4OS. The van der Waals surface area contributed by atoms with Crippen LogP contribution in [0.4, 0.5) is 8.78 Å². The standard InChI is InChI=1S/C22H10Cl2F2N4OS/c23-13-3-1-5-15(25)10(13)7-17-21(31)30-20(29)11(8-27)18(12(9-28)22(30)32-17)19-14(24)4-2-6-16(19)26/h1-7,18H,29H2. The number of nitriles is 2. The molecule has 4 rings (SSSR count). The summed E-state index contributed by atoms with van der Waals surface area (Å²) in [5, 5.41) is 19.7. The van der Waals surface area contributed by atoms with Gasteiger partial charge in [0.25, 0.3) is 5.56 Å². The van der Waals surface area contributed by atoms with E-state index in [1.807, 2.05) is 12.1 Å². The summed E-state index contributed by atoms with van der Waals surface area (Å²) in [6, 6.07) is 11.9. The summed E-state index contributed by atoms with van der Waals surface area (Å²) in [6.45, 7) is 0. The molecular weight excluding hydrogens is 477 g/mol. The Bertz CT molecular complexity index is 1550. The van der Waals surface area contributed by atoms with Crippen molar-refractivity contribution in [2.24, 2.45) is 5.73 Å². The van der Waals surface area contributed by atoms with Gasteiger partial charge in [-0.15, -0.1) is 11.3 Å². The van der Waals surface area contributed by atoms with Crippen molar-refractivity contribution >= 4 is 52.0 Å². The van der Waals surface area contributed by atoms with Gasteiger partial charge in [0.15, 0.2) is 0 Å². The van der Waals surface area contributed by atoms with E-state index < -0.39 is 23.1 Å². The van der Waals surface area contributed by atoms with E-state index in [-0.39, 0.29) is 47.3 Å². The number of thiazole rings is 1. The van der Waals surface area contributed by atoms with E-state index in [9.17, 15) is 24.1 Å². The van der Waals surface area contributed by atoms with Crippen LogP contribution in [0.2, 0.25) is 10.0 Å². The van der Waals surface area contributed by atoms with Crippen molar-refractivity contribution in [3.05, 3.63) is 94.3 Å². The number of halogens is 4. The highest BCUT2D eigenvalue weighted by Gasteiger charge is 2.35. The molecule has 2 heterocycles. The molecule has 1 unspecified atom stereocenters. The molecule has 0 radical (unpaired) electrons. The molecule has 2 aromatic carbocycles. The Morgan fingerprint density at radius 2 is 1.66 bits per heavy atom. The maximum Gasteiger partial charge on any atom is 0.274 e. The van der Waals surface area contributed by atoms with Gasteiger partial charge in [-0.25, -0.2) is 8.78 Å². The fourth-order valence-corrected chi connectivity index (χ4v) is 5.11. The lowest BCUT2D eigenvalue weighted by Crippen LogP contribution is -2.38. The van der Waals surface area contributed by atoms with Crippen LogP contribution >= 0.6 is 34.5 Å². The monoisotopic (exact) mass is 486 g/mol. The Kier molecular flexibility index (Phi) is 5.62. The third-order valence-electron chi connectivity index (χ3n) is 4.95. The predicted octanol–water partition coefficient (Wildman–Crippen LogP) is 3.45. The van der Waals surface area contributed by atoms with Crippen LogP contribution in [-0.2, 0) is 0 Å². The lowest BCUT2D eigenvalue weighted by molar-refractivity contribution is 0.609. The van der Waals surface area contributed by atoms with Crippen molar-refractivity contribution in [1.29, 1.82) is 10.5 Å². The van der Waals surface area contributed by atoms with Crippen molar-refractivity contribution in [2.45, 2.75) is 5.92 Å². The molecule has 0 bridgehead atoms. The zero-order chi connectivity index (χ0) is 23.2. The van der Waals surface area contributed by atoms with Gasteiger partial charge in [0.2, 0.25) is 0 Å². The summed E-state index contributed by atoms with van der Waals surface area (Å²) in [6.07, 6.45) is 1.25. The van der Waals surface area contributed by atoms with Gasteiger partial charge < -0.3 is 5.73 Å². The lowest BCUT2D eigenvalue weighted by Gasteiger charge is -2.23. The molecule has 0 amide bonds. The van der Waals surface area contributed by atoms with Crippen LogP contribution in [0.25, 0.3) is 17.5 Å². The normalized spacial score (nSPS) is 16.0.